The lowest BCUT2D eigenvalue weighted by molar-refractivity contribution is 0.106. The van der Waals surface area contributed by atoms with Gasteiger partial charge in [-0.25, -0.2) is 4.39 Å². The van der Waals surface area contributed by atoms with E-state index in [4.69, 9.17) is 9.47 Å². The summed E-state index contributed by atoms with van der Waals surface area (Å²) in [6, 6.07) is 5.88. The maximum absolute atomic E-state index is 15.1. The van der Waals surface area contributed by atoms with Crippen molar-refractivity contribution in [3.05, 3.63) is 45.4 Å². The Kier molecular flexibility index (Phi) is 3.57. The van der Waals surface area contributed by atoms with Crippen molar-refractivity contribution in [1.82, 2.24) is 4.90 Å². The van der Waals surface area contributed by atoms with E-state index in [1.54, 1.807) is 0 Å². The zero-order valence-electron chi connectivity index (χ0n) is 14.4. The van der Waals surface area contributed by atoms with E-state index in [0.29, 0.717) is 11.7 Å². The lowest BCUT2D eigenvalue weighted by Crippen LogP contribution is -2.45. The van der Waals surface area contributed by atoms with Crippen LogP contribution >= 0.6 is 11.3 Å². The third-order valence-electron chi connectivity index (χ3n) is 6.17. The molecule has 1 aromatic heterocycles. The van der Waals surface area contributed by atoms with E-state index in [0.717, 1.165) is 55.6 Å². The van der Waals surface area contributed by atoms with Crippen LogP contribution in [-0.2, 0) is 12.0 Å². The van der Waals surface area contributed by atoms with Gasteiger partial charge in [0.05, 0.1) is 0 Å². The van der Waals surface area contributed by atoms with Gasteiger partial charge >= 0.3 is 0 Å². The first-order valence-corrected chi connectivity index (χ1v) is 9.95. The largest absolute Gasteiger partial charge is 0.453 e. The number of fused-ring (bicyclic) bond motifs is 3. The molecule has 0 radical (unpaired) electrons. The van der Waals surface area contributed by atoms with E-state index in [-0.39, 0.29) is 18.1 Å². The molecule has 0 saturated carbocycles. The number of hydrogen-bond donors (Lipinski definition) is 0. The molecule has 2 aromatic rings. The van der Waals surface area contributed by atoms with E-state index >= 15 is 4.39 Å². The highest BCUT2D eigenvalue weighted by Gasteiger charge is 2.45. The highest BCUT2D eigenvalue weighted by Crippen LogP contribution is 2.50. The van der Waals surface area contributed by atoms with Crippen LogP contribution in [0.2, 0.25) is 0 Å². The summed E-state index contributed by atoms with van der Waals surface area (Å²) in [6.45, 7) is 4.44. The summed E-state index contributed by atoms with van der Waals surface area (Å²) < 4.78 is 26.2. The number of ether oxygens (including phenoxy) is 2. The number of rotatable bonds is 2. The first kappa shape index (κ1) is 15.6. The van der Waals surface area contributed by atoms with Crippen LogP contribution in [-0.4, -0.2) is 24.8 Å². The maximum atomic E-state index is 15.1. The molecule has 1 aliphatic carbocycles. The molecule has 5 heteroatoms. The summed E-state index contributed by atoms with van der Waals surface area (Å²) in [7, 11) is 0. The van der Waals surface area contributed by atoms with Crippen LogP contribution in [0.5, 0.6) is 11.5 Å². The molecule has 2 atom stereocenters. The molecule has 2 unspecified atom stereocenters. The van der Waals surface area contributed by atoms with Crippen LogP contribution in [0.25, 0.3) is 0 Å². The van der Waals surface area contributed by atoms with Gasteiger partial charge in [0.2, 0.25) is 6.79 Å². The monoisotopic (exact) mass is 359 g/mol. The van der Waals surface area contributed by atoms with Gasteiger partial charge in [-0.2, -0.15) is 0 Å². The summed E-state index contributed by atoms with van der Waals surface area (Å²) in [6.07, 6.45) is 4.07. The molecule has 3 aliphatic rings. The molecule has 1 saturated heterocycles. The molecule has 3 nitrogen and oxygen atoms in total. The van der Waals surface area contributed by atoms with Gasteiger partial charge in [0.15, 0.2) is 11.5 Å². The van der Waals surface area contributed by atoms with Gasteiger partial charge in [-0.1, -0.05) is 6.07 Å². The quantitative estimate of drug-likeness (QED) is 0.779. The number of benzene rings is 1. The minimum atomic E-state index is -0.259. The zero-order chi connectivity index (χ0) is 17.0. The summed E-state index contributed by atoms with van der Waals surface area (Å²) in [5.41, 5.74) is 1.61. The molecule has 1 aromatic carbocycles. The number of halogens is 1. The van der Waals surface area contributed by atoms with Crippen LogP contribution in [0, 0.1) is 5.82 Å². The van der Waals surface area contributed by atoms with E-state index in [1.165, 1.54) is 10.9 Å². The number of hydrogen-bond acceptors (Lipinski definition) is 4. The second kappa shape index (κ2) is 5.71. The minimum absolute atomic E-state index is 0.138. The zero-order valence-corrected chi connectivity index (χ0v) is 15.2. The van der Waals surface area contributed by atoms with E-state index in [9.17, 15) is 0 Å². The van der Waals surface area contributed by atoms with Crippen LogP contribution in [0.15, 0.2) is 23.6 Å². The minimum Gasteiger partial charge on any atom is -0.453 e. The van der Waals surface area contributed by atoms with Crippen molar-refractivity contribution in [3.8, 4) is 11.5 Å². The van der Waals surface area contributed by atoms with Crippen molar-refractivity contribution in [2.24, 2.45) is 0 Å². The Morgan fingerprint density at radius 3 is 3.12 bits per heavy atom. The average Bonchev–Trinajstić information content (AvgIpc) is 3.35. The molecular formula is C20H22FNO2S. The molecule has 0 spiro atoms. The van der Waals surface area contributed by atoms with Crippen LogP contribution in [0.4, 0.5) is 4.39 Å². The number of likely N-dealkylation sites (tertiary alicyclic amines) is 1. The summed E-state index contributed by atoms with van der Waals surface area (Å²) in [5, 5.41) is 2.15. The molecule has 5 rings (SSSR count). The summed E-state index contributed by atoms with van der Waals surface area (Å²) in [5.74, 6) is 1.77. The normalized spacial score (nSPS) is 28.3. The second-order valence-corrected chi connectivity index (χ2v) is 8.50. The highest BCUT2D eigenvalue weighted by molar-refractivity contribution is 7.10. The van der Waals surface area contributed by atoms with Crippen LogP contribution in [0.1, 0.15) is 48.1 Å². The van der Waals surface area contributed by atoms with Gasteiger partial charge < -0.3 is 9.47 Å². The third kappa shape index (κ3) is 2.32. The van der Waals surface area contributed by atoms with E-state index in [2.05, 4.69) is 29.3 Å². The lowest BCUT2D eigenvalue weighted by atomic mass is 9.75. The number of nitrogens with zero attached hydrogens (tertiary/aromatic N) is 1. The fourth-order valence-electron chi connectivity index (χ4n) is 4.91. The van der Waals surface area contributed by atoms with E-state index in [1.807, 2.05) is 11.3 Å². The fraction of sp³-hybridized carbons (Fsp3) is 0.500. The summed E-state index contributed by atoms with van der Waals surface area (Å²) >= 11 is 1.84. The van der Waals surface area contributed by atoms with Crippen molar-refractivity contribution in [2.45, 2.75) is 44.1 Å². The van der Waals surface area contributed by atoms with Gasteiger partial charge in [0.25, 0.3) is 0 Å². The predicted molar refractivity (Wildman–Crippen MR) is 96.1 cm³/mol. The standard InChI is InChI=1S/C20H22FNO2S/c1-20(22-8-6-13(11-22)17-5-3-9-25-17)7-2-4-14-18(20)15(21)10-16-19(14)24-12-23-16/h3,5,9-10,13H,2,4,6-8,11-12H2,1H3. The van der Waals surface area contributed by atoms with Gasteiger partial charge in [-0.05, 0) is 50.6 Å². The Morgan fingerprint density at radius 2 is 2.28 bits per heavy atom. The Hall–Kier alpha value is -1.59. The van der Waals surface area contributed by atoms with Gasteiger partial charge in [-0.3, -0.25) is 4.90 Å². The molecule has 1 fully saturated rings. The van der Waals surface area contributed by atoms with Crippen molar-refractivity contribution < 1.29 is 13.9 Å². The van der Waals surface area contributed by atoms with Gasteiger partial charge in [0, 0.05) is 40.1 Å². The van der Waals surface area contributed by atoms with Crippen molar-refractivity contribution in [3.63, 3.8) is 0 Å². The maximum Gasteiger partial charge on any atom is 0.231 e. The van der Waals surface area contributed by atoms with Crippen LogP contribution in [0.3, 0.4) is 0 Å². The molecular weight excluding hydrogens is 337 g/mol. The molecule has 25 heavy (non-hydrogen) atoms. The van der Waals surface area contributed by atoms with Crippen molar-refractivity contribution in [1.29, 1.82) is 0 Å². The summed E-state index contributed by atoms with van der Waals surface area (Å²) in [4.78, 5) is 3.95. The Labute approximate surface area is 151 Å². The average molecular weight is 359 g/mol. The first-order chi connectivity index (χ1) is 12.2. The van der Waals surface area contributed by atoms with Crippen molar-refractivity contribution >= 4 is 11.3 Å². The van der Waals surface area contributed by atoms with Crippen LogP contribution < -0.4 is 9.47 Å². The SMILES string of the molecule is CC1(N2CCC(c3cccs3)C2)CCCc2c3c(cc(F)c21)OCO3. The van der Waals surface area contributed by atoms with Gasteiger partial charge in [0.1, 0.15) is 5.82 Å². The second-order valence-electron chi connectivity index (χ2n) is 7.52. The molecule has 0 bridgehead atoms. The molecule has 2 aliphatic heterocycles. The molecule has 3 heterocycles. The topological polar surface area (TPSA) is 21.7 Å². The van der Waals surface area contributed by atoms with Crippen molar-refractivity contribution in [2.75, 3.05) is 19.9 Å². The van der Waals surface area contributed by atoms with Gasteiger partial charge in [-0.15, -0.1) is 11.3 Å². The predicted octanol–water partition coefficient (Wildman–Crippen LogP) is 4.66. The number of thiophene rings is 1. The Bertz CT molecular complexity index is 807. The van der Waals surface area contributed by atoms with E-state index < -0.39 is 0 Å². The molecule has 132 valence electrons. The fourth-order valence-corrected chi connectivity index (χ4v) is 5.77. The lowest BCUT2D eigenvalue weighted by Gasteiger charge is -2.44. The molecule has 0 N–H and O–H groups in total. The molecule has 0 amide bonds. The Balaban J connectivity index is 1.53. The first-order valence-electron chi connectivity index (χ1n) is 9.07. The highest BCUT2D eigenvalue weighted by atomic mass is 32.1. The smallest absolute Gasteiger partial charge is 0.231 e. The third-order valence-corrected chi connectivity index (χ3v) is 7.21. The Morgan fingerprint density at radius 1 is 1.36 bits per heavy atom.